The quantitative estimate of drug-likeness (QED) is 0.299. The maximum atomic E-state index is 10.6. The van der Waals surface area contributed by atoms with E-state index >= 15 is 0 Å². The number of rotatable bonds is 8. The third-order valence-electron chi connectivity index (χ3n) is 4.11. The molecular weight excluding hydrogens is 465 g/mol. The van der Waals surface area contributed by atoms with E-state index in [1.807, 2.05) is 12.1 Å². The maximum Gasteiger partial charge on any atom is 4.00 e. The molecule has 0 spiro atoms. The Bertz CT molecular complexity index is 573. The summed E-state index contributed by atoms with van der Waals surface area (Å²) in [7, 11) is 0.822. The van der Waals surface area contributed by atoms with Crippen molar-refractivity contribution >= 4 is 15.4 Å². The molecule has 1 atom stereocenters. The molecule has 0 saturated carbocycles. The van der Waals surface area contributed by atoms with Crippen molar-refractivity contribution in [3.05, 3.63) is 64.9 Å². The van der Waals surface area contributed by atoms with Gasteiger partial charge in [-0.3, -0.25) is 6.08 Å². The summed E-state index contributed by atoms with van der Waals surface area (Å²) in [5.41, 5.74) is 9.87. The average Bonchev–Trinajstić information content (AvgIpc) is 3.04. The van der Waals surface area contributed by atoms with Gasteiger partial charge in [-0.05, 0) is 24.0 Å². The van der Waals surface area contributed by atoms with Crippen LogP contribution in [-0.4, -0.2) is 15.4 Å². The van der Waals surface area contributed by atoms with Crippen molar-refractivity contribution in [1.82, 2.24) is 0 Å². The van der Waals surface area contributed by atoms with E-state index in [4.69, 9.17) is 5.73 Å². The second-order valence-electron chi connectivity index (χ2n) is 6.97. The van der Waals surface area contributed by atoms with Crippen LogP contribution < -0.4 is 24.8 Å². The first kappa shape index (κ1) is 37.0. The molecule has 1 aliphatic carbocycles. The zero-order chi connectivity index (χ0) is 20.5. The second-order valence-corrected chi connectivity index (χ2v) is 8.70. The number of aryl methyl sites for hydroxylation is 1. The molecule has 0 aromatic heterocycles. The molecule has 0 aliphatic heterocycles. The molecule has 2 rings (SSSR count). The fraction of sp³-hybridized carbons (Fsp3) is 0.542. The number of unbranched alkanes of at least 4 members (excludes halogenated alkanes) is 1. The van der Waals surface area contributed by atoms with Crippen molar-refractivity contribution < 1.29 is 51.3 Å². The molecule has 0 heterocycles. The van der Waals surface area contributed by atoms with Crippen LogP contribution >= 0.6 is 0 Å². The summed E-state index contributed by atoms with van der Waals surface area (Å²) in [6.07, 6.45) is 13.7. The van der Waals surface area contributed by atoms with Crippen molar-refractivity contribution in [2.45, 2.75) is 78.8 Å². The summed E-state index contributed by atoms with van der Waals surface area (Å²) in [4.78, 5) is 10.6. The summed E-state index contributed by atoms with van der Waals surface area (Å²) in [5, 5.41) is 0. The van der Waals surface area contributed by atoms with Gasteiger partial charge in [-0.1, -0.05) is 96.2 Å². The van der Waals surface area contributed by atoms with Gasteiger partial charge in [-0.2, -0.15) is 6.08 Å². The number of hydrogen-bond acceptors (Lipinski definition) is 1. The normalized spacial score (nSPS) is 13.1. The van der Waals surface area contributed by atoms with Gasteiger partial charge in [0.2, 0.25) is 0 Å². The molecular formula is C24H38Cl2NOSiTi. The van der Waals surface area contributed by atoms with E-state index in [0.29, 0.717) is 11.5 Å². The van der Waals surface area contributed by atoms with Crippen molar-refractivity contribution in [2.24, 2.45) is 5.92 Å². The molecule has 1 unspecified atom stereocenters. The molecule has 167 valence electrons. The zero-order valence-corrected chi connectivity index (χ0v) is 23.5. The number of hydrogen-bond donors (Lipinski definition) is 0. The van der Waals surface area contributed by atoms with Crippen LogP contribution in [0.4, 0.5) is 0 Å². The van der Waals surface area contributed by atoms with Crippen LogP contribution in [0.5, 0.6) is 0 Å². The van der Waals surface area contributed by atoms with E-state index in [9.17, 15) is 4.79 Å². The van der Waals surface area contributed by atoms with Crippen molar-refractivity contribution in [3.8, 4) is 0 Å². The van der Waals surface area contributed by atoms with Crippen LogP contribution in [0.15, 0.2) is 42.0 Å². The molecule has 0 saturated heterocycles. The molecule has 1 N–H and O–H groups in total. The van der Waals surface area contributed by atoms with Crippen molar-refractivity contribution in [3.63, 3.8) is 0 Å². The Balaban J connectivity index is -0.000000173. The Morgan fingerprint density at radius 3 is 1.87 bits per heavy atom. The van der Waals surface area contributed by atoms with Crippen molar-refractivity contribution in [1.29, 1.82) is 0 Å². The van der Waals surface area contributed by atoms with Crippen LogP contribution in [0, 0.1) is 12.0 Å². The molecule has 0 fully saturated rings. The smallest absolute Gasteiger partial charge is 1.00 e. The second kappa shape index (κ2) is 24.9. The number of halogens is 2. The van der Waals surface area contributed by atoms with Gasteiger partial charge in [-0.15, -0.1) is 0 Å². The summed E-state index contributed by atoms with van der Waals surface area (Å²) >= 11 is 0. The summed E-state index contributed by atoms with van der Waals surface area (Å²) in [6.45, 7) is 10.9. The molecule has 2 nitrogen and oxygen atoms in total. The Morgan fingerprint density at radius 2 is 1.57 bits per heavy atom. The van der Waals surface area contributed by atoms with Gasteiger partial charge >= 0.3 is 21.7 Å². The van der Waals surface area contributed by atoms with Crippen LogP contribution in [0.1, 0.15) is 76.2 Å². The Morgan fingerprint density at radius 1 is 1.03 bits per heavy atom. The van der Waals surface area contributed by atoms with Gasteiger partial charge < -0.3 is 35.3 Å². The van der Waals surface area contributed by atoms with Crippen LogP contribution in [0.3, 0.4) is 0 Å². The predicted octanol–water partition coefficient (Wildman–Crippen LogP) is 1.25. The first-order valence-corrected chi connectivity index (χ1v) is 12.0. The maximum absolute atomic E-state index is 10.6. The van der Waals surface area contributed by atoms with E-state index < -0.39 is 5.91 Å². The number of carbonyl (C=O) groups is 1. The third kappa shape index (κ3) is 20.9. The number of nitrogens with one attached hydrogen (secondary N) is 1. The van der Waals surface area contributed by atoms with E-state index in [1.54, 1.807) is 12.1 Å². The van der Waals surface area contributed by atoms with Crippen molar-refractivity contribution in [2.75, 3.05) is 0 Å². The van der Waals surface area contributed by atoms with E-state index in [-0.39, 0.29) is 46.5 Å². The molecule has 1 aromatic carbocycles. The molecule has 6 heteroatoms. The molecule has 1 radical (unpaired) electrons. The van der Waals surface area contributed by atoms with E-state index in [0.717, 1.165) is 15.9 Å². The minimum atomic E-state index is -0.609. The summed E-state index contributed by atoms with van der Waals surface area (Å²) < 4.78 is 0. The largest absolute Gasteiger partial charge is 4.00 e. The fourth-order valence-electron chi connectivity index (χ4n) is 2.50. The topological polar surface area (TPSA) is 40.9 Å². The van der Waals surface area contributed by atoms with Gasteiger partial charge in [0.05, 0.1) is 5.91 Å². The van der Waals surface area contributed by atoms with E-state index in [2.05, 4.69) is 52.8 Å². The minimum absolute atomic E-state index is 0. The molecule has 1 aromatic rings. The van der Waals surface area contributed by atoms with Crippen LogP contribution in [0.25, 0.3) is 5.73 Å². The molecule has 1 amide bonds. The predicted molar refractivity (Wildman–Crippen MR) is 122 cm³/mol. The third-order valence-corrected chi connectivity index (χ3v) is 6.08. The van der Waals surface area contributed by atoms with Gasteiger partial charge in [0.1, 0.15) is 0 Å². The monoisotopic (exact) mass is 502 g/mol. The number of benzene rings is 1. The first-order chi connectivity index (χ1) is 12.9. The Kier molecular flexibility index (Phi) is 30.8. The van der Waals surface area contributed by atoms with Crippen LogP contribution in [-0.2, 0) is 28.1 Å². The molecule has 1 aliphatic rings. The number of amides is 1. The summed E-state index contributed by atoms with van der Waals surface area (Å²) in [6, 6.07) is 10.3. The number of carbonyl (C=O) groups excluding carboxylic acids is 1. The zero-order valence-electron chi connectivity index (χ0n) is 19.2. The summed E-state index contributed by atoms with van der Waals surface area (Å²) in [5.74, 6) is -0.0537. The first-order valence-electron chi connectivity index (χ1n) is 10.4. The Labute approximate surface area is 215 Å². The minimum Gasteiger partial charge on any atom is -1.00 e. The number of allylic oxidation sites excluding steroid dienone is 4. The molecule has 30 heavy (non-hydrogen) atoms. The standard InChI is InChI=1S/C11H15NO.C7H9.C6H15Si.2ClH.Ti/c1-2-3-4-9-5-7-10(8-6-9)11(12)13;1-6-3-4-7(2)5-6;1-3-5-7-6-4-2;;;/h5-8H,2-4H2,1H3,(H2,12,13);3-4,6H,1-2H3;7H,3-6H2,1-2H3;2*1H;/q;-1;;;;+4/p-3. The fourth-order valence-corrected chi connectivity index (χ4v) is 3.61. The van der Waals surface area contributed by atoms with Gasteiger partial charge in [-0.25, -0.2) is 11.6 Å². The molecule has 0 bridgehead atoms. The SMILES string of the molecule is CC1=[C-]C(C)C=C1.CCCCc1ccc(C([NH-])=O)cc1.CCC[SiH]CCC.[Cl-].[Cl-].[Ti+4]. The van der Waals surface area contributed by atoms with E-state index in [1.165, 1.54) is 48.9 Å². The van der Waals surface area contributed by atoms with Gasteiger partial charge in [0, 0.05) is 9.52 Å². The van der Waals surface area contributed by atoms with Crippen LogP contribution in [0.2, 0.25) is 12.1 Å². The van der Waals surface area contributed by atoms with Gasteiger partial charge in [0.25, 0.3) is 0 Å². The van der Waals surface area contributed by atoms with Gasteiger partial charge in [0.15, 0.2) is 0 Å². The Hall–Kier alpha value is -0.319. The average molecular weight is 503 g/mol.